The second-order valence-electron chi connectivity index (χ2n) is 17.4. The lowest BCUT2D eigenvalue weighted by molar-refractivity contribution is -0.320. The van der Waals surface area contributed by atoms with Crippen LogP contribution < -0.4 is 0 Å². The molecule has 1 heterocycles. The number of fused-ring (bicyclic) bond motifs is 5. The van der Waals surface area contributed by atoms with Crippen LogP contribution in [0, 0.1) is 45.3 Å². The van der Waals surface area contributed by atoms with Gasteiger partial charge in [-0.3, -0.25) is 0 Å². The van der Waals surface area contributed by atoms with E-state index in [-0.39, 0.29) is 28.3 Å². The van der Waals surface area contributed by atoms with Crippen molar-refractivity contribution in [1.82, 2.24) is 0 Å². The molecule has 0 spiro atoms. The van der Waals surface area contributed by atoms with Crippen LogP contribution in [0.1, 0.15) is 107 Å². The number of hydrogen-bond donors (Lipinski definition) is 7. The van der Waals surface area contributed by atoms with Crippen molar-refractivity contribution in [1.29, 1.82) is 0 Å². The predicted molar refractivity (Wildman–Crippen MR) is 170 cm³/mol. The number of allylic oxidation sites excluding steroid dienone is 1. The Kier molecular flexibility index (Phi) is 9.56. The van der Waals surface area contributed by atoms with E-state index in [2.05, 4.69) is 47.6 Å². The molecule has 1 saturated heterocycles. The first kappa shape index (κ1) is 35.7. The third-order valence-electron chi connectivity index (χ3n) is 14.5. The van der Waals surface area contributed by atoms with Crippen LogP contribution in [0.4, 0.5) is 0 Å². The summed E-state index contributed by atoms with van der Waals surface area (Å²) >= 11 is 0. The summed E-state index contributed by atoms with van der Waals surface area (Å²) in [4.78, 5) is 0. The zero-order chi connectivity index (χ0) is 33.5. The maximum atomic E-state index is 12.2. The zero-order valence-corrected chi connectivity index (χ0v) is 28.8. The van der Waals surface area contributed by atoms with Gasteiger partial charge in [-0.25, -0.2) is 0 Å². The standard InChI is InChI=1S/C36H62O9/c1-19(9-13-25(38)33(4,5)43)20-15-16-34(6)24-12-10-21-22(36(24,8)26(39)17-35(20,34)7)11-14-27(32(21,2)3)45-31-30(42)29(41)28(40)23(18-37)44-31/h10,19-20,22-31,37-43H,9,11-18H2,1-8H3/t19-,20?,22?,23-,24?,25-,26-,27+,28-,29+,30-,31?,34+,35-,36+/m1/s1. The minimum Gasteiger partial charge on any atom is -0.394 e. The number of hydrogen-bond acceptors (Lipinski definition) is 9. The van der Waals surface area contributed by atoms with Gasteiger partial charge in [-0.05, 0) is 99.7 Å². The van der Waals surface area contributed by atoms with Crippen LogP contribution in [0.25, 0.3) is 0 Å². The molecule has 4 unspecified atom stereocenters. The van der Waals surface area contributed by atoms with Crippen molar-refractivity contribution < 1.29 is 45.2 Å². The van der Waals surface area contributed by atoms with Crippen molar-refractivity contribution in [3.8, 4) is 0 Å². The average Bonchev–Trinajstić information content (AvgIpc) is 3.23. The second-order valence-corrected chi connectivity index (χ2v) is 17.4. The number of aliphatic hydroxyl groups excluding tert-OH is 6. The van der Waals surface area contributed by atoms with Crippen LogP contribution in [0.2, 0.25) is 0 Å². The van der Waals surface area contributed by atoms with E-state index in [4.69, 9.17) is 9.47 Å². The lowest BCUT2D eigenvalue weighted by atomic mass is 9.38. The molecule has 45 heavy (non-hydrogen) atoms. The second kappa shape index (κ2) is 12.1. The van der Waals surface area contributed by atoms with Gasteiger partial charge in [0.25, 0.3) is 0 Å². The fourth-order valence-corrected chi connectivity index (χ4v) is 11.2. The molecule has 15 atom stereocenters. The third-order valence-corrected chi connectivity index (χ3v) is 14.5. The van der Waals surface area contributed by atoms with Crippen LogP contribution in [0.3, 0.4) is 0 Å². The highest BCUT2D eigenvalue weighted by Gasteiger charge is 2.70. The molecule has 5 rings (SSSR count). The molecule has 1 aliphatic heterocycles. The topological polar surface area (TPSA) is 160 Å². The highest BCUT2D eigenvalue weighted by Crippen LogP contribution is 2.75. The molecule has 0 bridgehead atoms. The smallest absolute Gasteiger partial charge is 0.187 e. The fraction of sp³-hybridized carbons (Fsp3) is 0.944. The molecule has 7 N–H and O–H groups in total. The summed E-state index contributed by atoms with van der Waals surface area (Å²) in [5, 5.41) is 73.9. The van der Waals surface area contributed by atoms with E-state index in [1.54, 1.807) is 13.8 Å². The summed E-state index contributed by atoms with van der Waals surface area (Å²) in [6.07, 6.45) is 1.08. The zero-order valence-electron chi connectivity index (χ0n) is 28.8. The molecule has 260 valence electrons. The number of ether oxygens (including phenoxy) is 2. The van der Waals surface area contributed by atoms with Crippen LogP contribution in [-0.4, -0.2) is 97.0 Å². The van der Waals surface area contributed by atoms with Crippen LogP contribution in [0.15, 0.2) is 11.6 Å². The van der Waals surface area contributed by atoms with Crippen LogP contribution >= 0.6 is 0 Å². The molecular weight excluding hydrogens is 576 g/mol. The van der Waals surface area contributed by atoms with Crippen molar-refractivity contribution in [3.63, 3.8) is 0 Å². The molecule has 4 aliphatic carbocycles. The Balaban J connectivity index is 1.37. The van der Waals surface area contributed by atoms with E-state index >= 15 is 0 Å². The molecular formula is C36H62O9. The Labute approximate surface area is 270 Å². The van der Waals surface area contributed by atoms with E-state index in [1.807, 2.05) is 0 Å². The maximum absolute atomic E-state index is 12.2. The van der Waals surface area contributed by atoms with Gasteiger partial charge < -0.3 is 45.2 Å². The first-order chi connectivity index (χ1) is 20.7. The van der Waals surface area contributed by atoms with Crippen molar-refractivity contribution in [2.45, 2.75) is 161 Å². The van der Waals surface area contributed by atoms with Gasteiger partial charge in [0.1, 0.15) is 24.4 Å². The Hall–Kier alpha value is -0.620. The van der Waals surface area contributed by atoms with E-state index < -0.39 is 60.5 Å². The first-order valence-corrected chi connectivity index (χ1v) is 17.5. The molecule has 3 saturated carbocycles. The van der Waals surface area contributed by atoms with Gasteiger partial charge in [0, 0.05) is 10.8 Å². The highest BCUT2D eigenvalue weighted by atomic mass is 16.7. The quantitative estimate of drug-likeness (QED) is 0.198. The van der Waals surface area contributed by atoms with Crippen molar-refractivity contribution in [3.05, 3.63) is 11.6 Å². The van der Waals surface area contributed by atoms with Gasteiger partial charge >= 0.3 is 0 Å². The third kappa shape index (κ3) is 5.48. The maximum Gasteiger partial charge on any atom is 0.187 e. The monoisotopic (exact) mass is 638 g/mol. The van der Waals surface area contributed by atoms with Gasteiger partial charge in [-0.1, -0.05) is 53.2 Å². The largest absolute Gasteiger partial charge is 0.394 e. The molecule has 9 heteroatoms. The Morgan fingerprint density at radius 2 is 1.62 bits per heavy atom. The summed E-state index contributed by atoms with van der Waals surface area (Å²) in [6.45, 7) is 16.6. The van der Waals surface area contributed by atoms with Crippen molar-refractivity contribution >= 4 is 0 Å². The van der Waals surface area contributed by atoms with Gasteiger partial charge in [0.15, 0.2) is 6.29 Å². The molecule has 0 aromatic carbocycles. The first-order valence-electron chi connectivity index (χ1n) is 17.5. The normalized spacial score (nSPS) is 49.4. The van der Waals surface area contributed by atoms with E-state index in [0.717, 1.165) is 38.5 Å². The lowest BCUT2D eigenvalue weighted by Crippen LogP contribution is -2.65. The highest BCUT2D eigenvalue weighted by molar-refractivity contribution is 5.31. The summed E-state index contributed by atoms with van der Waals surface area (Å²) in [6, 6.07) is 0. The fourth-order valence-electron chi connectivity index (χ4n) is 11.2. The van der Waals surface area contributed by atoms with Crippen molar-refractivity contribution in [2.75, 3.05) is 6.61 Å². The molecule has 5 aliphatic rings. The van der Waals surface area contributed by atoms with Gasteiger partial charge in [0.2, 0.25) is 0 Å². The van der Waals surface area contributed by atoms with E-state index in [1.165, 1.54) is 5.57 Å². The SMILES string of the molecule is C[C@H](CC[C@@H](O)C(C)(C)O)C1CC[C@@]2(C)C3CC=C4C(CC[C@H](OC5O[C@H](CO)[C@@H](O)[C@H](O)[C@H]5O)C4(C)C)[C@]3(C)[C@H](O)C[C@]12C. The van der Waals surface area contributed by atoms with E-state index in [0.29, 0.717) is 30.6 Å². The van der Waals surface area contributed by atoms with Crippen LogP contribution in [0.5, 0.6) is 0 Å². The van der Waals surface area contributed by atoms with E-state index in [9.17, 15) is 35.7 Å². The van der Waals surface area contributed by atoms with Crippen LogP contribution in [-0.2, 0) is 9.47 Å². The molecule has 4 fully saturated rings. The number of aliphatic hydroxyl groups is 7. The minimum atomic E-state index is -1.48. The van der Waals surface area contributed by atoms with Gasteiger partial charge in [-0.2, -0.15) is 0 Å². The summed E-state index contributed by atoms with van der Waals surface area (Å²) in [5.41, 5.74) is -0.568. The van der Waals surface area contributed by atoms with Crippen molar-refractivity contribution in [2.24, 2.45) is 45.3 Å². The average molecular weight is 639 g/mol. The molecule has 0 amide bonds. The minimum absolute atomic E-state index is 0.0417. The molecule has 0 aromatic rings. The summed E-state index contributed by atoms with van der Waals surface area (Å²) < 4.78 is 12.1. The summed E-state index contributed by atoms with van der Waals surface area (Å²) in [7, 11) is 0. The Morgan fingerprint density at radius 1 is 0.956 bits per heavy atom. The van der Waals surface area contributed by atoms with Gasteiger partial charge in [0.05, 0.1) is 30.5 Å². The molecule has 0 radical (unpaired) electrons. The Morgan fingerprint density at radius 3 is 2.24 bits per heavy atom. The number of rotatable bonds is 8. The van der Waals surface area contributed by atoms with Gasteiger partial charge in [-0.15, -0.1) is 0 Å². The predicted octanol–water partition coefficient (Wildman–Crippen LogP) is 3.30. The molecule has 0 aromatic heterocycles. The summed E-state index contributed by atoms with van der Waals surface area (Å²) in [5.74, 6) is 1.29. The Bertz CT molecular complexity index is 1100. The molecule has 9 nitrogen and oxygen atoms in total. The lowest BCUT2D eigenvalue weighted by Gasteiger charge is -2.67.